The van der Waals surface area contributed by atoms with Crippen molar-refractivity contribution in [3.63, 3.8) is 0 Å². The number of aromatic carboxylic acids is 1. The summed E-state index contributed by atoms with van der Waals surface area (Å²) >= 11 is 0. The van der Waals surface area contributed by atoms with Crippen LogP contribution in [0.5, 0.6) is 11.5 Å². The second-order valence-corrected chi connectivity index (χ2v) is 2.43. The first kappa shape index (κ1) is 10.7. The maximum absolute atomic E-state index is 10.6. The van der Waals surface area contributed by atoms with Gasteiger partial charge in [0.15, 0.2) is 0 Å². The van der Waals surface area contributed by atoms with Crippen LogP contribution in [-0.2, 0) is 9.59 Å². The smallest absolute Gasteiger partial charge is 0.335 e. The summed E-state index contributed by atoms with van der Waals surface area (Å²) in [6, 6.07) is 3.48. The largest absolute Gasteiger partial charge is 0.478 e. The van der Waals surface area contributed by atoms with Gasteiger partial charge in [-0.25, -0.2) is 4.79 Å². The normalized spacial score (nSPS) is 9.07. The van der Waals surface area contributed by atoms with Crippen LogP contribution in [-0.4, -0.2) is 24.0 Å². The van der Waals surface area contributed by atoms with Gasteiger partial charge in [0.2, 0.25) is 0 Å². The Morgan fingerprint density at radius 2 is 1.53 bits per heavy atom. The van der Waals surface area contributed by atoms with Crippen LogP contribution in [0.15, 0.2) is 18.2 Å². The van der Waals surface area contributed by atoms with E-state index in [1.54, 1.807) is 0 Å². The van der Waals surface area contributed by atoms with Gasteiger partial charge >= 0.3 is 5.97 Å². The van der Waals surface area contributed by atoms with Crippen molar-refractivity contribution in [1.29, 1.82) is 0 Å². The van der Waals surface area contributed by atoms with Crippen molar-refractivity contribution < 1.29 is 29.0 Å². The first-order chi connectivity index (χ1) is 7.17. The van der Waals surface area contributed by atoms with Gasteiger partial charge in [0, 0.05) is 6.07 Å². The van der Waals surface area contributed by atoms with E-state index in [0.29, 0.717) is 0 Å². The quantitative estimate of drug-likeness (QED) is 0.710. The van der Waals surface area contributed by atoms with Crippen molar-refractivity contribution in [3.05, 3.63) is 23.8 Å². The molecule has 0 aliphatic carbocycles. The van der Waals surface area contributed by atoms with Crippen LogP contribution in [0.3, 0.4) is 0 Å². The number of carbonyl (C=O) groups excluding carboxylic acids is 2. The highest BCUT2D eigenvalue weighted by Crippen LogP contribution is 2.22. The number of benzene rings is 1. The topological polar surface area (TPSA) is 89.9 Å². The molecule has 0 heterocycles. The first-order valence-corrected chi connectivity index (χ1v) is 3.76. The van der Waals surface area contributed by atoms with Gasteiger partial charge in [0.25, 0.3) is 12.9 Å². The van der Waals surface area contributed by atoms with E-state index in [2.05, 4.69) is 9.47 Å². The van der Waals surface area contributed by atoms with Crippen LogP contribution in [0.1, 0.15) is 10.4 Å². The Balaban J connectivity index is 3.12. The molecular formula is C9H6O6. The number of hydrogen-bond acceptors (Lipinski definition) is 5. The van der Waals surface area contributed by atoms with Gasteiger partial charge in [-0.3, -0.25) is 9.59 Å². The van der Waals surface area contributed by atoms with Gasteiger partial charge in [0.05, 0.1) is 5.56 Å². The molecule has 1 rings (SSSR count). The van der Waals surface area contributed by atoms with Crippen molar-refractivity contribution in [2.24, 2.45) is 0 Å². The lowest BCUT2D eigenvalue weighted by atomic mass is 10.2. The Hall–Kier alpha value is -2.37. The highest BCUT2D eigenvalue weighted by atomic mass is 16.5. The summed E-state index contributed by atoms with van der Waals surface area (Å²) in [7, 11) is 0. The summed E-state index contributed by atoms with van der Waals surface area (Å²) < 4.78 is 8.89. The van der Waals surface area contributed by atoms with E-state index < -0.39 is 5.97 Å². The van der Waals surface area contributed by atoms with E-state index in [-0.39, 0.29) is 30.0 Å². The number of carboxylic acid groups (broad SMARTS) is 1. The third-order valence-corrected chi connectivity index (χ3v) is 1.50. The molecule has 0 aliphatic rings. The van der Waals surface area contributed by atoms with Gasteiger partial charge in [0.1, 0.15) is 11.5 Å². The van der Waals surface area contributed by atoms with E-state index in [1.807, 2.05) is 0 Å². The molecule has 0 bridgehead atoms. The molecule has 6 heteroatoms. The van der Waals surface area contributed by atoms with E-state index in [4.69, 9.17) is 5.11 Å². The maximum atomic E-state index is 10.6. The lowest BCUT2D eigenvalue weighted by Gasteiger charge is -2.03. The number of carbonyl (C=O) groups is 3. The van der Waals surface area contributed by atoms with Crippen LogP contribution >= 0.6 is 0 Å². The third-order valence-electron chi connectivity index (χ3n) is 1.50. The third kappa shape index (κ3) is 2.80. The van der Waals surface area contributed by atoms with Gasteiger partial charge in [-0.1, -0.05) is 0 Å². The zero-order valence-corrected chi connectivity index (χ0v) is 7.38. The van der Waals surface area contributed by atoms with Gasteiger partial charge < -0.3 is 14.6 Å². The summed E-state index contributed by atoms with van der Waals surface area (Å²) in [5, 5.41) is 8.68. The number of carboxylic acids is 1. The molecule has 0 amide bonds. The molecule has 0 unspecified atom stereocenters. The molecule has 0 radical (unpaired) electrons. The zero-order valence-electron chi connectivity index (χ0n) is 7.38. The van der Waals surface area contributed by atoms with Crippen LogP contribution in [0.2, 0.25) is 0 Å². The minimum absolute atomic E-state index is 0.0123. The highest BCUT2D eigenvalue weighted by molar-refractivity contribution is 5.88. The second kappa shape index (κ2) is 4.75. The summed E-state index contributed by atoms with van der Waals surface area (Å²) in [6.45, 7) is 0.289. The Labute approximate surface area is 84.0 Å². The summed E-state index contributed by atoms with van der Waals surface area (Å²) in [5.74, 6) is -1.24. The number of rotatable bonds is 5. The Bertz CT molecular complexity index is 369. The van der Waals surface area contributed by atoms with Crippen LogP contribution in [0.4, 0.5) is 0 Å². The van der Waals surface area contributed by atoms with E-state index >= 15 is 0 Å². The predicted octanol–water partition coefficient (Wildman–Crippen LogP) is 0.455. The van der Waals surface area contributed by atoms with E-state index in [1.165, 1.54) is 6.07 Å². The fraction of sp³-hybridized carbons (Fsp3) is 0. The predicted molar refractivity (Wildman–Crippen MR) is 46.8 cm³/mol. The Kier molecular flexibility index (Phi) is 3.39. The molecule has 0 spiro atoms. The van der Waals surface area contributed by atoms with Crippen molar-refractivity contribution >= 4 is 18.9 Å². The fourth-order valence-corrected chi connectivity index (χ4v) is 0.942. The molecule has 1 N–H and O–H groups in total. The SMILES string of the molecule is O=COc1cc(OC=O)cc(C(=O)O)c1. The minimum Gasteiger partial charge on any atom is -0.478 e. The molecule has 0 saturated heterocycles. The molecule has 78 valence electrons. The minimum atomic E-state index is -1.22. The fourth-order valence-electron chi connectivity index (χ4n) is 0.942. The van der Waals surface area contributed by atoms with Crippen LogP contribution < -0.4 is 9.47 Å². The molecule has 0 aromatic heterocycles. The molecule has 0 fully saturated rings. The summed E-state index contributed by atoms with van der Waals surface area (Å²) in [5.41, 5.74) is -0.147. The summed E-state index contributed by atoms with van der Waals surface area (Å²) in [6.07, 6.45) is 0. The first-order valence-electron chi connectivity index (χ1n) is 3.76. The standard InChI is InChI=1S/C9H6O6/c10-4-14-7-1-6(9(12)13)2-8(3-7)15-5-11/h1-5H,(H,12,13). The van der Waals surface area contributed by atoms with Gasteiger partial charge in [-0.2, -0.15) is 0 Å². The Morgan fingerprint density at radius 3 is 1.87 bits per heavy atom. The van der Waals surface area contributed by atoms with E-state index in [0.717, 1.165) is 12.1 Å². The molecule has 1 aromatic carbocycles. The van der Waals surface area contributed by atoms with Crippen LogP contribution in [0.25, 0.3) is 0 Å². The Morgan fingerprint density at radius 1 is 1.07 bits per heavy atom. The molecule has 15 heavy (non-hydrogen) atoms. The molecule has 1 aromatic rings. The molecule has 6 nitrogen and oxygen atoms in total. The van der Waals surface area contributed by atoms with Gasteiger partial charge in [-0.15, -0.1) is 0 Å². The summed E-state index contributed by atoms with van der Waals surface area (Å²) in [4.78, 5) is 30.7. The molecular weight excluding hydrogens is 204 g/mol. The van der Waals surface area contributed by atoms with Crippen molar-refractivity contribution in [2.45, 2.75) is 0 Å². The van der Waals surface area contributed by atoms with E-state index in [9.17, 15) is 14.4 Å². The van der Waals surface area contributed by atoms with Gasteiger partial charge in [-0.05, 0) is 12.1 Å². The number of ether oxygens (including phenoxy) is 2. The lowest BCUT2D eigenvalue weighted by molar-refractivity contribution is -0.121. The van der Waals surface area contributed by atoms with Crippen molar-refractivity contribution in [2.75, 3.05) is 0 Å². The van der Waals surface area contributed by atoms with Crippen molar-refractivity contribution in [1.82, 2.24) is 0 Å². The van der Waals surface area contributed by atoms with Crippen LogP contribution in [0, 0.1) is 0 Å². The average Bonchev–Trinajstić information content (AvgIpc) is 2.18. The number of hydrogen-bond donors (Lipinski definition) is 1. The molecule has 0 saturated carbocycles. The molecule has 0 atom stereocenters. The zero-order chi connectivity index (χ0) is 11.3. The van der Waals surface area contributed by atoms with Crippen molar-refractivity contribution in [3.8, 4) is 11.5 Å². The highest BCUT2D eigenvalue weighted by Gasteiger charge is 2.08. The second-order valence-electron chi connectivity index (χ2n) is 2.43. The maximum Gasteiger partial charge on any atom is 0.335 e. The lowest BCUT2D eigenvalue weighted by Crippen LogP contribution is -2.00. The average molecular weight is 210 g/mol. The monoisotopic (exact) mass is 210 g/mol. The molecule has 0 aliphatic heterocycles.